The van der Waals surface area contributed by atoms with E-state index in [1.807, 2.05) is 60.7 Å². The second-order valence-electron chi connectivity index (χ2n) is 5.66. The Bertz CT molecular complexity index is 613. The average Bonchev–Trinajstić information content (AvgIpc) is 2.70. The van der Waals surface area contributed by atoms with E-state index in [-0.39, 0.29) is 0 Å². The summed E-state index contributed by atoms with van der Waals surface area (Å²) >= 11 is 6.03. The van der Waals surface area contributed by atoms with Gasteiger partial charge < -0.3 is 31.3 Å². The quantitative estimate of drug-likeness (QED) is 0.453. The van der Waals surface area contributed by atoms with E-state index in [1.54, 1.807) is 0 Å². The lowest BCUT2D eigenvalue weighted by molar-refractivity contribution is -0.453. The van der Waals surface area contributed by atoms with Crippen LogP contribution in [0.4, 0.5) is 0 Å². The van der Waals surface area contributed by atoms with Crippen molar-refractivity contribution in [2.75, 3.05) is 13.1 Å². The van der Waals surface area contributed by atoms with E-state index < -0.39 is 21.6 Å². The fraction of sp³-hybridized carbons (Fsp3) is 0.300. The lowest BCUT2D eigenvalue weighted by Crippen LogP contribution is -2.64. The number of carboxylic acid groups (broad SMARTS) is 2. The van der Waals surface area contributed by atoms with E-state index in [0.717, 1.165) is 24.2 Å². The normalized spacial score (nSPS) is 11.7. The molecule has 2 aromatic carbocycles. The number of hydrogen-bond donors (Lipinski definition) is 2. The zero-order chi connectivity index (χ0) is 21.4. The van der Waals surface area contributed by atoms with Crippen LogP contribution in [0.1, 0.15) is 11.1 Å². The predicted octanol–water partition coefficient (Wildman–Crippen LogP) is -1.04. The Hall–Kier alpha value is -1.74. The monoisotopic (exact) mass is 516 g/mol. The van der Waals surface area contributed by atoms with Gasteiger partial charge in [0.1, 0.15) is 13.1 Å². The van der Waals surface area contributed by atoms with Gasteiger partial charge in [-0.3, -0.25) is 0 Å². The minimum Gasteiger partial charge on any atom is -0.549 e. The van der Waals surface area contributed by atoms with Crippen LogP contribution in [0.5, 0.6) is 0 Å². The summed E-state index contributed by atoms with van der Waals surface area (Å²) in [5.41, 5.74) is 9.06. The van der Waals surface area contributed by atoms with Gasteiger partial charge in [0.25, 0.3) is 0 Å². The number of benzene rings is 2. The van der Waals surface area contributed by atoms with Crippen molar-refractivity contribution < 1.29 is 31.3 Å². The maximum absolute atomic E-state index is 10.3. The van der Waals surface area contributed by atoms with Crippen molar-refractivity contribution in [2.24, 2.45) is 0 Å². The van der Waals surface area contributed by atoms with Gasteiger partial charge in [0.15, 0.2) is 0 Å². The molecule has 28 heavy (non-hydrogen) atoms. The standard InChI is InChI=1S/2C9H9BrO2.C2H8N2/c2*10-8(9(11)12)6-7-4-2-1-3-5-7;3-1-2-4/h2*1-5,8H,6H2,(H,11,12);1-4H2. The van der Waals surface area contributed by atoms with Crippen LogP contribution in [0.2, 0.25) is 0 Å². The molecule has 0 aliphatic carbocycles. The summed E-state index contributed by atoms with van der Waals surface area (Å²) in [7, 11) is 0. The molecule has 0 aromatic heterocycles. The molecule has 2 aromatic rings. The van der Waals surface area contributed by atoms with Crippen molar-refractivity contribution in [1.29, 1.82) is 0 Å². The van der Waals surface area contributed by atoms with Crippen molar-refractivity contribution in [1.82, 2.24) is 0 Å². The first-order valence-electron chi connectivity index (χ1n) is 8.68. The maximum Gasteiger partial charge on any atom is 0.124 e. The number of carboxylic acids is 2. The average molecular weight is 518 g/mol. The van der Waals surface area contributed by atoms with Crippen molar-refractivity contribution in [3.05, 3.63) is 71.8 Å². The Morgan fingerprint density at radius 1 is 0.714 bits per heavy atom. The van der Waals surface area contributed by atoms with Crippen LogP contribution >= 0.6 is 31.9 Å². The van der Waals surface area contributed by atoms with E-state index in [2.05, 4.69) is 43.3 Å². The number of rotatable bonds is 7. The lowest BCUT2D eigenvalue weighted by atomic mass is 10.1. The molecular weight excluding hydrogens is 492 g/mol. The summed E-state index contributed by atoms with van der Waals surface area (Å²) < 4.78 is 0. The number of hydrogen-bond acceptors (Lipinski definition) is 4. The fourth-order valence-corrected chi connectivity index (χ4v) is 2.56. The van der Waals surface area contributed by atoms with E-state index >= 15 is 0 Å². The van der Waals surface area contributed by atoms with Crippen LogP contribution in [-0.4, -0.2) is 34.7 Å². The molecule has 2 unspecified atom stereocenters. The largest absolute Gasteiger partial charge is 0.549 e. The van der Waals surface area contributed by atoms with Crippen molar-refractivity contribution in [3.8, 4) is 0 Å². The third-order valence-electron chi connectivity index (χ3n) is 3.28. The molecule has 0 bridgehead atoms. The highest BCUT2D eigenvalue weighted by Gasteiger charge is 2.05. The smallest absolute Gasteiger partial charge is 0.124 e. The van der Waals surface area contributed by atoms with Gasteiger partial charge in [-0.15, -0.1) is 0 Å². The molecule has 6 nitrogen and oxygen atoms in total. The van der Waals surface area contributed by atoms with Crippen LogP contribution in [0.3, 0.4) is 0 Å². The molecule has 2 atom stereocenters. The number of halogens is 2. The zero-order valence-electron chi connectivity index (χ0n) is 15.6. The molecule has 2 rings (SSSR count). The molecule has 0 aliphatic rings. The Morgan fingerprint density at radius 3 is 1.21 bits per heavy atom. The van der Waals surface area contributed by atoms with Gasteiger partial charge in [-0.2, -0.15) is 0 Å². The SMILES string of the molecule is O=C([O-])C(Br)Cc1ccccc1.O=C([O-])C(Br)Cc1ccccc1.[NH3+]CC[NH3+]. The first-order chi connectivity index (χ1) is 13.3. The van der Waals surface area contributed by atoms with Crippen molar-refractivity contribution >= 4 is 43.8 Å². The number of carbonyl (C=O) groups excluding carboxylic acids is 2. The summed E-state index contributed by atoms with van der Waals surface area (Å²) in [4.78, 5) is 19.5. The third kappa shape index (κ3) is 13.4. The van der Waals surface area contributed by atoms with Crippen molar-refractivity contribution in [2.45, 2.75) is 22.5 Å². The van der Waals surface area contributed by atoms with Crippen LogP contribution in [0, 0.1) is 0 Å². The molecule has 0 saturated heterocycles. The number of quaternary nitrogens is 2. The van der Waals surface area contributed by atoms with Gasteiger partial charge >= 0.3 is 0 Å². The first-order valence-corrected chi connectivity index (χ1v) is 10.5. The van der Waals surface area contributed by atoms with E-state index in [4.69, 9.17) is 0 Å². The lowest BCUT2D eigenvalue weighted by Gasteiger charge is -2.09. The van der Waals surface area contributed by atoms with Gasteiger partial charge in [0.2, 0.25) is 0 Å². The minimum atomic E-state index is -1.07. The van der Waals surface area contributed by atoms with Gasteiger partial charge in [-0.25, -0.2) is 0 Å². The second kappa shape index (κ2) is 16.2. The Balaban J connectivity index is 0.000000439. The van der Waals surface area contributed by atoms with Crippen LogP contribution < -0.4 is 21.7 Å². The molecule has 0 saturated carbocycles. The summed E-state index contributed by atoms with van der Waals surface area (Å²) in [6, 6.07) is 18.9. The molecular formula is C20H26Br2N2O4. The summed E-state index contributed by atoms with van der Waals surface area (Å²) in [6.45, 7) is 1.92. The van der Waals surface area contributed by atoms with Gasteiger partial charge in [0, 0.05) is 0 Å². The molecule has 0 spiro atoms. The predicted molar refractivity (Wildman–Crippen MR) is 111 cm³/mol. The summed E-state index contributed by atoms with van der Waals surface area (Å²) in [5.74, 6) is -2.14. The molecule has 0 amide bonds. The molecule has 154 valence electrons. The van der Waals surface area contributed by atoms with Crippen LogP contribution in [0.15, 0.2) is 60.7 Å². The Labute approximate surface area is 182 Å². The maximum atomic E-state index is 10.3. The summed E-state index contributed by atoms with van der Waals surface area (Å²) in [5, 5.41) is 20.7. The molecule has 0 fully saturated rings. The highest BCUT2D eigenvalue weighted by molar-refractivity contribution is 9.10. The second-order valence-corrected chi connectivity index (χ2v) is 7.87. The third-order valence-corrected chi connectivity index (χ3v) is 4.67. The van der Waals surface area contributed by atoms with Crippen LogP contribution in [-0.2, 0) is 22.4 Å². The van der Waals surface area contributed by atoms with Gasteiger partial charge in [0.05, 0.1) is 21.6 Å². The molecule has 0 aliphatic heterocycles. The molecule has 0 radical (unpaired) electrons. The minimum absolute atomic E-state index is 0.461. The number of carbonyl (C=O) groups is 2. The highest BCUT2D eigenvalue weighted by Crippen LogP contribution is 2.09. The van der Waals surface area contributed by atoms with Gasteiger partial charge in [-0.1, -0.05) is 92.5 Å². The van der Waals surface area contributed by atoms with E-state index in [0.29, 0.717) is 12.8 Å². The number of aliphatic carboxylic acids is 2. The zero-order valence-corrected chi connectivity index (χ0v) is 18.7. The fourth-order valence-electron chi connectivity index (χ4n) is 1.81. The molecule has 6 N–H and O–H groups in total. The molecule has 8 heteroatoms. The van der Waals surface area contributed by atoms with E-state index in [1.165, 1.54) is 0 Å². The molecule has 0 heterocycles. The Morgan fingerprint density at radius 2 is 1.00 bits per heavy atom. The van der Waals surface area contributed by atoms with E-state index in [9.17, 15) is 19.8 Å². The first kappa shape index (κ1) is 26.3. The number of alkyl halides is 2. The van der Waals surface area contributed by atoms with Crippen molar-refractivity contribution in [3.63, 3.8) is 0 Å². The van der Waals surface area contributed by atoms with Gasteiger partial charge in [-0.05, 0) is 24.0 Å². The highest BCUT2D eigenvalue weighted by atomic mass is 79.9. The summed E-state index contributed by atoms with van der Waals surface area (Å²) in [6.07, 6.45) is 0.923. The topological polar surface area (TPSA) is 136 Å². The Kier molecular flexibility index (Phi) is 15.2. The van der Waals surface area contributed by atoms with Crippen LogP contribution in [0.25, 0.3) is 0 Å².